The van der Waals surface area contributed by atoms with Crippen LogP contribution in [0.1, 0.15) is 37.8 Å². The van der Waals surface area contributed by atoms with Gasteiger partial charge in [0.25, 0.3) is 0 Å². The summed E-state index contributed by atoms with van der Waals surface area (Å²) in [7, 11) is 1.69. The Morgan fingerprint density at radius 2 is 2.24 bits per heavy atom. The highest BCUT2D eigenvalue weighted by Gasteiger charge is 2.33. The number of methoxy groups -OCH3 is 1. The molecule has 1 atom stereocenters. The van der Waals surface area contributed by atoms with Crippen LogP contribution in [0.3, 0.4) is 0 Å². The summed E-state index contributed by atoms with van der Waals surface area (Å²) in [5.41, 5.74) is 2.46. The fourth-order valence-electron chi connectivity index (χ4n) is 2.60. The lowest BCUT2D eigenvalue weighted by atomic mass is 9.88. The normalized spacial score (nSPS) is 24.0. The van der Waals surface area contributed by atoms with Crippen molar-refractivity contribution < 1.29 is 4.74 Å². The smallest absolute Gasteiger partial charge is 0.142 e. The molecule has 0 bridgehead atoms. The number of hydrogen-bond donors (Lipinski definition) is 1. The van der Waals surface area contributed by atoms with Crippen LogP contribution in [0, 0.1) is 0 Å². The maximum Gasteiger partial charge on any atom is 0.142 e. The van der Waals surface area contributed by atoms with Crippen molar-refractivity contribution in [2.75, 3.05) is 13.7 Å². The molecule has 1 aromatic carbocycles. The van der Waals surface area contributed by atoms with Crippen LogP contribution in [0.4, 0.5) is 0 Å². The van der Waals surface area contributed by atoms with Gasteiger partial charge in [0, 0.05) is 11.1 Å². The molecule has 0 aliphatic carbocycles. The largest absolute Gasteiger partial charge is 0.495 e. The van der Waals surface area contributed by atoms with E-state index in [1.165, 1.54) is 17.5 Å². The van der Waals surface area contributed by atoms with Crippen LogP contribution in [-0.2, 0) is 12.0 Å². The molecule has 2 rings (SSSR count). The van der Waals surface area contributed by atoms with Gasteiger partial charge in [0.2, 0.25) is 0 Å². The molecule has 0 radical (unpaired) electrons. The maximum absolute atomic E-state index is 6.30. The molecule has 1 heterocycles. The second-order valence-electron chi connectivity index (χ2n) is 4.87. The van der Waals surface area contributed by atoms with Gasteiger partial charge in [-0.15, -0.1) is 0 Å². The molecule has 1 unspecified atom stereocenters. The average Bonchev–Trinajstić information content (AvgIpc) is 2.76. The van der Waals surface area contributed by atoms with E-state index in [1.54, 1.807) is 7.11 Å². The van der Waals surface area contributed by atoms with Crippen molar-refractivity contribution in [1.82, 2.24) is 5.32 Å². The van der Waals surface area contributed by atoms with Gasteiger partial charge in [0.1, 0.15) is 5.75 Å². The summed E-state index contributed by atoms with van der Waals surface area (Å²) in [6.07, 6.45) is 3.33. The molecule has 1 aliphatic rings. The van der Waals surface area contributed by atoms with Crippen molar-refractivity contribution in [3.8, 4) is 5.75 Å². The molecule has 0 saturated carbocycles. The van der Waals surface area contributed by atoms with Crippen molar-refractivity contribution >= 4 is 11.6 Å². The van der Waals surface area contributed by atoms with Gasteiger partial charge in [-0.05, 0) is 44.4 Å². The Morgan fingerprint density at radius 1 is 1.47 bits per heavy atom. The van der Waals surface area contributed by atoms with Crippen molar-refractivity contribution in [2.24, 2.45) is 0 Å². The predicted molar refractivity (Wildman–Crippen MR) is 72.0 cm³/mol. The van der Waals surface area contributed by atoms with Gasteiger partial charge in [-0.25, -0.2) is 0 Å². The first-order valence-corrected chi connectivity index (χ1v) is 6.60. The second-order valence-corrected chi connectivity index (χ2v) is 5.28. The molecule has 0 amide bonds. The molecule has 1 saturated heterocycles. The lowest BCUT2D eigenvalue weighted by molar-refractivity contribution is 0.371. The monoisotopic (exact) mass is 253 g/mol. The van der Waals surface area contributed by atoms with Crippen LogP contribution in [0.25, 0.3) is 0 Å². The minimum Gasteiger partial charge on any atom is -0.495 e. The third-order valence-electron chi connectivity index (χ3n) is 3.68. The number of ether oxygens (including phenoxy) is 1. The molecule has 0 aromatic heterocycles. The van der Waals surface area contributed by atoms with Gasteiger partial charge in [-0.1, -0.05) is 24.6 Å². The van der Waals surface area contributed by atoms with E-state index in [0.717, 1.165) is 30.2 Å². The van der Waals surface area contributed by atoms with E-state index in [0.29, 0.717) is 0 Å². The fraction of sp³-hybridized carbons (Fsp3) is 0.571. The molecule has 3 heteroatoms. The van der Waals surface area contributed by atoms with Gasteiger partial charge >= 0.3 is 0 Å². The Bertz CT molecular complexity index is 411. The Kier molecular flexibility index (Phi) is 3.64. The van der Waals surface area contributed by atoms with Crippen LogP contribution in [0.15, 0.2) is 12.1 Å². The third kappa shape index (κ3) is 2.29. The SMILES string of the molecule is CCc1cc(Cl)c(OC)c(C2(C)CCCN2)c1. The van der Waals surface area contributed by atoms with Gasteiger partial charge in [0.15, 0.2) is 0 Å². The lowest BCUT2D eigenvalue weighted by Crippen LogP contribution is -2.33. The average molecular weight is 254 g/mol. The fourth-order valence-corrected chi connectivity index (χ4v) is 2.91. The topological polar surface area (TPSA) is 21.3 Å². The minimum absolute atomic E-state index is 0.000162. The van der Waals surface area contributed by atoms with Crippen LogP contribution in [0.5, 0.6) is 5.75 Å². The second kappa shape index (κ2) is 4.87. The Labute approximate surface area is 108 Å². The Hall–Kier alpha value is -0.730. The van der Waals surface area contributed by atoms with Gasteiger partial charge in [-0.2, -0.15) is 0 Å². The molecular weight excluding hydrogens is 234 g/mol. The van der Waals surface area contributed by atoms with Gasteiger partial charge in [0.05, 0.1) is 12.1 Å². The summed E-state index contributed by atoms with van der Waals surface area (Å²) in [5.74, 6) is 0.820. The summed E-state index contributed by atoms with van der Waals surface area (Å²) in [5, 5.41) is 4.28. The molecule has 94 valence electrons. The van der Waals surface area contributed by atoms with Crippen LogP contribution >= 0.6 is 11.6 Å². The maximum atomic E-state index is 6.30. The minimum atomic E-state index is 0.000162. The number of hydrogen-bond acceptors (Lipinski definition) is 2. The summed E-state index contributed by atoms with van der Waals surface area (Å²) in [6.45, 7) is 5.44. The molecule has 0 spiro atoms. The van der Waals surface area contributed by atoms with E-state index in [2.05, 4.69) is 25.2 Å². The zero-order valence-electron chi connectivity index (χ0n) is 10.8. The highest BCUT2D eigenvalue weighted by molar-refractivity contribution is 6.32. The number of aryl methyl sites for hydroxylation is 1. The van der Waals surface area contributed by atoms with E-state index in [4.69, 9.17) is 16.3 Å². The van der Waals surface area contributed by atoms with E-state index in [1.807, 2.05) is 6.07 Å². The molecule has 2 nitrogen and oxygen atoms in total. The molecular formula is C14H20ClNO. The summed E-state index contributed by atoms with van der Waals surface area (Å²) < 4.78 is 5.48. The molecule has 1 fully saturated rings. The van der Waals surface area contributed by atoms with Crippen LogP contribution in [0.2, 0.25) is 5.02 Å². The van der Waals surface area contributed by atoms with Crippen molar-refractivity contribution in [2.45, 2.75) is 38.6 Å². The first-order chi connectivity index (χ1) is 8.10. The number of nitrogens with one attached hydrogen (secondary N) is 1. The van der Waals surface area contributed by atoms with Crippen molar-refractivity contribution in [1.29, 1.82) is 0 Å². The number of rotatable bonds is 3. The third-order valence-corrected chi connectivity index (χ3v) is 3.96. The Balaban J connectivity index is 2.53. The quantitative estimate of drug-likeness (QED) is 0.890. The molecule has 1 aliphatic heterocycles. The molecule has 1 aromatic rings. The van der Waals surface area contributed by atoms with Crippen molar-refractivity contribution in [3.63, 3.8) is 0 Å². The zero-order chi connectivity index (χ0) is 12.5. The lowest BCUT2D eigenvalue weighted by Gasteiger charge is -2.28. The van der Waals surface area contributed by atoms with Crippen molar-refractivity contribution in [3.05, 3.63) is 28.3 Å². The van der Waals surface area contributed by atoms with Crippen LogP contribution in [-0.4, -0.2) is 13.7 Å². The standard InChI is InChI=1S/C14H20ClNO/c1-4-10-8-11(13(17-3)12(15)9-10)14(2)6-5-7-16-14/h8-9,16H,4-7H2,1-3H3. The van der Waals surface area contributed by atoms with E-state index < -0.39 is 0 Å². The predicted octanol–water partition coefficient (Wildman–Crippen LogP) is 3.51. The summed E-state index contributed by atoms with van der Waals surface area (Å²) in [4.78, 5) is 0. The highest BCUT2D eigenvalue weighted by atomic mass is 35.5. The molecule has 17 heavy (non-hydrogen) atoms. The van der Waals surface area contributed by atoms with E-state index in [9.17, 15) is 0 Å². The van der Waals surface area contributed by atoms with Gasteiger partial charge < -0.3 is 10.1 Å². The summed E-state index contributed by atoms with van der Waals surface area (Å²) in [6, 6.07) is 4.23. The molecule has 1 N–H and O–H groups in total. The summed E-state index contributed by atoms with van der Waals surface area (Å²) >= 11 is 6.30. The van der Waals surface area contributed by atoms with Crippen LogP contribution < -0.4 is 10.1 Å². The zero-order valence-corrected chi connectivity index (χ0v) is 11.5. The first kappa shape index (κ1) is 12.7. The number of benzene rings is 1. The number of halogens is 1. The van der Waals surface area contributed by atoms with E-state index >= 15 is 0 Å². The Morgan fingerprint density at radius 3 is 2.76 bits per heavy atom. The first-order valence-electron chi connectivity index (χ1n) is 6.22. The van der Waals surface area contributed by atoms with Gasteiger partial charge in [-0.3, -0.25) is 0 Å². The van der Waals surface area contributed by atoms with E-state index in [-0.39, 0.29) is 5.54 Å². The highest BCUT2D eigenvalue weighted by Crippen LogP contribution is 2.40.